The zero-order chi connectivity index (χ0) is 20.0. The second kappa shape index (κ2) is 6.88. The van der Waals surface area contributed by atoms with E-state index >= 15 is 0 Å². The molecule has 3 aromatic rings. The Kier molecular flexibility index (Phi) is 4.31. The first-order chi connectivity index (χ1) is 14.1. The minimum absolute atomic E-state index is 0.282. The van der Waals surface area contributed by atoms with Crippen molar-refractivity contribution < 1.29 is 14.2 Å². The van der Waals surface area contributed by atoms with Crippen molar-refractivity contribution in [3.05, 3.63) is 41.3 Å². The molecular weight excluding hydrogens is 370 g/mol. The van der Waals surface area contributed by atoms with Crippen LogP contribution in [-0.4, -0.2) is 53.7 Å². The van der Waals surface area contributed by atoms with Gasteiger partial charge in [-0.1, -0.05) is 0 Å². The van der Waals surface area contributed by atoms with Crippen LogP contribution in [0.2, 0.25) is 0 Å². The zero-order valence-corrected chi connectivity index (χ0v) is 17.0. The van der Waals surface area contributed by atoms with E-state index in [0.29, 0.717) is 0 Å². The van der Waals surface area contributed by atoms with Crippen molar-refractivity contribution in [1.29, 1.82) is 0 Å². The van der Waals surface area contributed by atoms with Crippen molar-refractivity contribution in [2.24, 2.45) is 0 Å². The summed E-state index contributed by atoms with van der Waals surface area (Å²) in [6, 6.07) is 6.30. The molecule has 2 aliphatic heterocycles. The molecule has 29 heavy (non-hydrogen) atoms. The van der Waals surface area contributed by atoms with Gasteiger partial charge in [0.2, 0.25) is 5.65 Å². The van der Waals surface area contributed by atoms with Crippen LogP contribution in [-0.2, 0) is 16.8 Å². The first kappa shape index (κ1) is 18.2. The van der Waals surface area contributed by atoms with Gasteiger partial charge in [0.25, 0.3) is 0 Å². The van der Waals surface area contributed by atoms with Gasteiger partial charge in [0.05, 0.1) is 37.8 Å². The van der Waals surface area contributed by atoms with E-state index in [9.17, 15) is 0 Å². The van der Waals surface area contributed by atoms with Crippen LogP contribution in [0.3, 0.4) is 0 Å². The molecular formula is C21H25N5O3. The number of aromatic nitrogens is 4. The van der Waals surface area contributed by atoms with Gasteiger partial charge >= 0.3 is 0 Å². The number of nitrogens with zero attached hydrogens (tertiary/aromatic N) is 5. The zero-order valence-electron chi connectivity index (χ0n) is 17.0. The lowest BCUT2D eigenvalue weighted by Crippen LogP contribution is -2.46. The fraction of sp³-hybridized carbons (Fsp3) is 0.476. The van der Waals surface area contributed by atoms with Gasteiger partial charge in [-0.2, -0.15) is 9.61 Å². The molecule has 8 heteroatoms. The summed E-state index contributed by atoms with van der Waals surface area (Å²) in [5.74, 6) is 1.54. The Balaban J connectivity index is 1.47. The number of piperidine rings is 1. The summed E-state index contributed by atoms with van der Waals surface area (Å²) in [6.45, 7) is 4.47. The Morgan fingerprint density at radius 3 is 2.59 bits per heavy atom. The normalized spacial score (nSPS) is 18.1. The highest BCUT2D eigenvalue weighted by molar-refractivity contribution is 5.68. The maximum absolute atomic E-state index is 6.42. The number of fused-ring (bicyclic) bond motifs is 3. The van der Waals surface area contributed by atoms with Crippen LogP contribution in [0.4, 0.5) is 5.69 Å². The highest BCUT2D eigenvalue weighted by Gasteiger charge is 2.42. The van der Waals surface area contributed by atoms with Crippen LogP contribution in [0.25, 0.3) is 5.65 Å². The quantitative estimate of drug-likeness (QED) is 0.675. The number of hydrogen-bond donors (Lipinski definition) is 0. The lowest BCUT2D eigenvalue weighted by molar-refractivity contribution is -0.0767. The third-order valence-corrected chi connectivity index (χ3v) is 6.13. The molecule has 0 saturated carbocycles. The average molecular weight is 395 g/mol. The summed E-state index contributed by atoms with van der Waals surface area (Å²) in [4.78, 5) is 2.36. The van der Waals surface area contributed by atoms with Crippen LogP contribution in [0.1, 0.15) is 29.7 Å². The molecule has 0 amide bonds. The van der Waals surface area contributed by atoms with Crippen molar-refractivity contribution in [3.63, 3.8) is 0 Å². The minimum atomic E-state index is -0.282. The molecule has 0 radical (unpaired) electrons. The predicted molar refractivity (Wildman–Crippen MR) is 108 cm³/mol. The van der Waals surface area contributed by atoms with E-state index in [-0.39, 0.29) is 5.60 Å². The van der Waals surface area contributed by atoms with Gasteiger partial charge in [-0.15, -0.1) is 10.2 Å². The fourth-order valence-electron chi connectivity index (χ4n) is 4.67. The van der Waals surface area contributed by atoms with E-state index < -0.39 is 0 Å². The molecule has 1 spiro atoms. The van der Waals surface area contributed by atoms with Crippen molar-refractivity contribution in [1.82, 2.24) is 19.8 Å². The lowest BCUT2D eigenvalue weighted by Gasteiger charge is -2.45. The largest absolute Gasteiger partial charge is 0.493 e. The van der Waals surface area contributed by atoms with Gasteiger partial charge in [-0.3, -0.25) is 0 Å². The highest BCUT2D eigenvalue weighted by atomic mass is 16.5. The summed E-state index contributed by atoms with van der Waals surface area (Å²) < 4.78 is 19.2. The molecule has 5 rings (SSSR count). The summed E-state index contributed by atoms with van der Waals surface area (Å²) >= 11 is 0. The number of benzene rings is 1. The fourth-order valence-corrected chi connectivity index (χ4v) is 4.67. The van der Waals surface area contributed by atoms with E-state index in [1.807, 2.05) is 6.92 Å². The molecule has 1 aromatic carbocycles. The number of hydrogen-bond acceptors (Lipinski definition) is 7. The summed E-state index contributed by atoms with van der Waals surface area (Å²) in [7, 11) is 3.36. The Morgan fingerprint density at radius 2 is 1.83 bits per heavy atom. The van der Waals surface area contributed by atoms with Crippen molar-refractivity contribution in [2.75, 3.05) is 38.8 Å². The number of rotatable bonds is 3. The van der Waals surface area contributed by atoms with Crippen LogP contribution in [0.5, 0.6) is 11.5 Å². The molecule has 1 saturated heterocycles. The summed E-state index contributed by atoms with van der Waals surface area (Å²) in [5.41, 5.74) is 5.07. The van der Waals surface area contributed by atoms with Gasteiger partial charge in [0.15, 0.2) is 11.5 Å². The smallest absolute Gasteiger partial charge is 0.200 e. The maximum Gasteiger partial charge on any atom is 0.200 e. The SMILES string of the molecule is COc1cc2c(cc1OC)C1(CCN(c3cc(C)nn4cnnc34)CC1)OCC2. The summed E-state index contributed by atoms with van der Waals surface area (Å²) in [6.07, 6.45) is 4.34. The number of ether oxygens (including phenoxy) is 3. The molecule has 4 heterocycles. The second-order valence-electron chi connectivity index (χ2n) is 7.71. The molecule has 2 aliphatic rings. The van der Waals surface area contributed by atoms with Gasteiger partial charge in [-0.25, -0.2) is 0 Å². The minimum Gasteiger partial charge on any atom is -0.493 e. The highest BCUT2D eigenvalue weighted by Crippen LogP contribution is 2.46. The number of anilines is 1. The molecule has 0 atom stereocenters. The Labute approximate surface area is 169 Å². The Hall–Kier alpha value is -2.87. The van der Waals surface area contributed by atoms with Crippen LogP contribution in [0, 0.1) is 6.92 Å². The monoisotopic (exact) mass is 395 g/mol. The van der Waals surface area contributed by atoms with E-state index in [1.165, 1.54) is 11.1 Å². The van der Waals surface area contributed by atoms with Gasteiger partial charge in [-0.05, 0) is 55.5 Å². The predicted octanol–water partition coefficient (Wildman–Crippen LogP) is 2.52. The topological polar surface area (TPSA) is 74.0 Å². The molecule has 0 N–H and O–H groups in total. The van der Waals surface area contributed by atoms with Crippen LogP contribution in [0.15, 0.2) is 24.5 Å². The first-order valence-corrected chi connectivity index (χ1v) is 9.95. The number of aryl methyl sites for hydroxylation is 1. The molecule has 0 bridgehead atoms. The second-order valence-corrected chi connectivity index (χ2v) is 7.71. The average Bonchev–Trinajstić information content (AvgIpc) is 3.21. The van der Waals surface area contributed by atoms with Crippen LogP contribution >= 0.6 is 0 Å². The van der Waals surface area contributed by atoms with E-state index in [2.05, 4.69) is 38.4 Å². The van der Waals surface area contributed by atoms with Crippen molar-refractivity contribution in [3.8, 4) is 11.5 Å². The maximum atomic E-state index is 6.42. The van der Waals surface area contributed by atoms with Crippen LogP contribution < -0.4 is 14.4 Å². The molecule has 0 unspecified atom stereocenters. The molecule has 8 nitrogen and oxygen atoms in total. The summed E-state index contributed by atoms with van der Waals surface area (Å²) in [5, 5.41) is 12.7. The van der Waals surface area contributed by atoms with E-state index in [1.54, 1.807) is 25.1 Å². The number of methoxy groups -OCH3 is 2. The van der Waals surface area contributed by atoms with Gasteiger partial charge < -0.3 is 19.1 Å². The third-order valence-electron chi connectivity index (χ3n) is 6.13. The molecule has 1 fully saturated rings. The Bertz CT molecular complexity index is 1060. The van der Waals surface area contributed by atoms with E-state index in [0.717, 1.165) is 67.5 Å². The molecule has 0 aliphatic carbocycles. The van der Waals surface area contributed by atoms with Crippen molar-refractivity contribution in [2.45, 2.75) is 31.8 Å². The lowest BCUT2D eigenvalue weighted by atomic mass is 9.79. The third kappa shape index (κ3) is 2.90. The van der Waals surface area contributed by atoms with Gasteiger partial charge in [0.1, 0.15) is 6.33 Å². The van der Waals surface area contributed by atoms with Gasteiger partial charge in [0, 0.05) is 13.1 Å². The molecule has 2 aromatic heterocycles. The van der Waals surface area contributed by atoms with E-state index in [4.69, 9.17) is 14.2 Å². The molecule has 152 valence electrons. The Morgan fingerprint density at radius 1 is 1.07 bits per heavy atom. The standard InChI is InChI=1S/C21H25N5O3/c1-14-10-17(20-23-22-13-26(20)24-14)25-7-5-21(6-8-25)16-12-19(28-3)18(27-2)11-15(16)4-9-29-21/h10-13H,4-9H2,1-3H3. The first-order valence-electron chi connectivity index (χ1n) is 9.95. The van der Waals surface area contributed by atoms with Crippen molar-refractivity contribution >= 4 is 11.3 Å².